The third-order valence-corrected chi connectivity index (χ3v) is 3.93. The molecule has 0 aromatic heterocycles. The molecule has 0 amide bonds. The summed E-state index contributed by atoms with van der Waals surface area (Å²) in [5.41, 5.74) is 0.526. The summed E-state index contributed by atoms with van der Waals surface area (Å²) in [6.45, 7) is 2.07. The van der Waals surface area contributed by atoms with Gasteiger partial charge in [-0.25, -0.2) is 8.42 Å². The van der Waals surface area contributed by atoms with Gasteiger partial charge in [0.2, 0.25) is 16.3 Å². The third kappa shape index (κ3) is 4.87. The van der Waals surface area contributed by atoms with Crippen LogP contribution in [0.3, 0.4) is 0 Å². The zero-order valence-electron chi connectivity index (χ0n) is 10.5. The molecule has 0 unspecified atom stereocenters. The van der Waals surface area contributed by atoms with Gasteiger partial charge in [-0.1, -0.05) is 38.3 Å². The lowest BCUT2D eigenvalue weighted by Crippen LogP contribution is -2.17. The summed E-state index contributed by atoms with van der Waals surface area (Å²) in [5.74, 6) is 0.0835. The summed E-state index contributed by atoms with van der Waals surface area (Å²) < 4.78 is 26.0. The number of unbranched alkanes of at least 4 members (excludes halogenated alkanes) is 3. The number of para-hydroxylation sites is 1. The van der Waals surface area contributed by atoms with Crippen molar-refractivity contribution in [2.75, 3.05) is 10.5 Å². The van der Waals surface area contributed by atoms with Crippen molar-refractivity contribution >= 4 is 22.0 Å². The van der Waals surface area contributed by atoms with Crippen LogP contribution in [0.2, 0.25) is 0 Å². The van der Waals surface area contributed by atoms with Crippen LogP contribution in [0.15, 0.2) is 24.3 Å². The Morgan fingerprint density at radius 1 is 1.17 bits per heavy atom. The number of benzene rings is 1. The average molecular weight is 268 g/mol. The third-order valence-electron chi connectivity index (χ3n) is 2.57. The van der Waals surface area contributed by atoms with Gasteiger partial charge in [-0.05, 0) is 18.6 Å². The summed E-state index contributed by atoms with van der Waals surface area (Å²) in [7, 11) is -3.38. The van der Waals surface area contributed by atoms with Crippen LogP contribution in [0.5, 0.6) is 0 Å². The normalized spacial score (nSPS) is 11.2. The fourth-order valence-electron chi connectivity index (χ4n) is 1.60. The number of nitrogens with one attached hydrogen (secondary N) is 1. The molecule has 1 radical (unpaired) electrons. The van der Waals surface area contributed by atoms with Crippen molar-refractivity contribution < 1.29 is 13.2 Å². The zero-order valence-corrected chi connectivity index (χ0v) is 11.3. The number of hydrogen-bond donors (Lipinski definition) is 1. The van der Waals surface area contributed by atoms with Gasteiger partial charge in [0.15, 0.2) is 0 Å². The molecule has 0 saturated heterocycles. The molecule has 1 N–H and O–H groups in total. The maximum absolute atomic E-state index is 11.8. The van der Waals surface area contributed by atoms with Crippen molar-refractivity contribution in [1.82, 2.24) is 0 Å². The van der Waals surface area contributed by atoms with Gasteiger partial charge in [-0.3, -0.25) is 9.52 Å². The standard InChI is InChI=1S/C13H18NO3S/c1-2-3-4-7-10-18(16,17)14-13-9-6-5-8-12(13)11-15/h5-6,8-9,14H,2-4,7,10H2,1H3. The first-order valence-corrected chi connectivity index (χ1v) is 7.72. The highest BCUT2D eigenvalue weighted by Crippen LogP contribution is 2.15. The van der Waals surface area contributed by atoms with E-state index in [1.807, 2.05) is 0 Å². The van der Waals surface area contributed by atoms with E-state index in [0.717, 1.165) is 19.3 Å². The van der Waals surface area contributed by atoms with E-state index in [4.69, 9.17) is 0 Å². The fourth-order valence-corrected chi connectivity index (χ4v) is 2.80. The molecule has 0 fully saturated rings. The number of anilines is 1. The molecule has 0 atom stereocenters. The minimum Gasteiger partial charge on any atom is -0.285 e. The van der Waals surface area contributed by atoms with Crippen molar-refractivity contribution in [2.45, 2.75) is 32.6 Å². The van der Waals surface area contributed by atoms with Gasteiger partial charge >= 0.3 is 0 Å². The van der Waals surface area contributed by atoms with E-state index in [1.165, 1.54) is 6.07 Å². The van der Waals surface area contributed by atoms with Crippen LogP contribution in [0, 0.1) is 0 Å². The van der Waals surface area contributed by atoms with Crippen molar-refractivity contribution in [1.29, 1.82) is 0 Å². The Kier molecular flexibility index (Phi) is 5.85. The molecule has 1 rings (SSSR count). The molecule has 0 heterocycles. The number of carbonyl (C=O) groups excluding carboxylic acids is 1. The molecule has 0 spiro atoms. The highest BCUT2D eigenvalue weighted by Gasteiger charge is 2.12. The van der Waals surface area contributed by atoms with Crippen LogP contribution >= 0.6 is 0 Å². The van der Waals surface area contributed by atoms with E-state index < -0.39 is 10.0 Å². The van der Waals surface area contributed by atoms with E-state index >= 15 is 0 Å². The Morgan fingerprint density at radius 2 is 1.89 bits per heavy atom. The second-order valence-corrected chi connectivity index (χ2v) is 5.97. The predicted octanol–water partition coefficient (Wildman–Crippen LogP) is 2.47. The largest absolute Gasteiger partial charge is 0.285 e. The van der Waals surface area contributed by atoms with Gasteiger partial charge in [0.05, 0.1) is 17.0 Å². The first-order valence-electron chi connectivity index (χ1n) is 6.06. The summed E-state index contributed by atoms with van der Waals surface area (Å²) in [6, 6.07) is 6.43. The van der Waals surface area contributed by atoms with Gasteiger partial charge in [0, 0.05) is 0 Å². The molecule has 18 heavy (non-hydrogen) atoms. The van der Waals surface area contributed by atoms with Crippen LogP contribution in [0.1, 0.15) is 38.2 Å². The number of hydrogen-bond acceptors (Lipinski definition) is 3. The van der Waals surface area contributed by atoms with Crippen molar-refractivity contribution in [3.8, 4) is 0 Å². The summed E-state index contributed by atoms with van der Waals surface area (Å²) in [4.78, 5) is 10.7. The topological polar surface area (TPSA) is 63.2 Å². The molecule has 99 valence electrons. The minimum atomic E-state index is -3.38. The first-order chi connectivity index (χ1) is 8.59. The van der Waals surface area contributed by atoms with Gasteiger partial charge in [-0.2, -0.15) is 0 Å². The predicted molar refractivity (Wildman–Crippen MR) is 72.8 cm³/mol. The van der Waals surface area contributed by atoms with Gasteiger partial charge < -0.3 is 0 Å². The fraction of sp³-hybridized carbons (Fsp3) is 0.462. The number of sulfonamides is 1. The van der Waals surface area contributed by atoms with E-state index in [1.54, 1.807) is 24.5 Å². The van der Waals surface area contributed by atoms with Crippen LogP contribution in [0.25, 0.3) is 0 Å². The Morgan fingerprint density at radius 3 is 2.56 bits per heavy atom. The van der Waals surface area contributed by atoms with Crippen LogP contribution in [-0.4, -0.2) is 20.5 Å². The Balaban J connectivity index is 2.62. The Labute approximate surface area is 108 Å². The van der Waals surface area contributed by atoms with E-state index in [-0.39, 0.29) is 11.3 Å². The molecule has 5 heteroatoms. The smallest absolute Gasteiger partial charge is 0.235 e. The van der Waals surface area contributed by atoms with E-state index in [9.17, 15) is 13.2 Å². The van der Waals surface area contributed by atoms with Gasteiger partial charge in [-0.15, -0.1) is 0 Å². The van der Waals surface area contributed by atoms with Crippen molar-refractivity contribution in [3.63, 3.8) is 0 Å². The second-order valence-electron chi connectivity index (χ2n) is 4.13. The van der Waals surface area contributed by atoms with Crippen LogP contribution in [0.4, 0.5) is 5.69 Å². The summed E-state index contributed by atoms with van der Waals surface area (Å²) in [6.07, 6.45) is 5.36. The zero-order chi connectivity index (χ0) is 13.4. The van der Waals surface area contributed by atoms with Gasteiger partial charge in [0.1, 0.15) is 0 Å². The minimum absolute atomic E-state index is 0.0835. The van der Waals surface area contributed by atoms with E-state index in [2.05, 4.69) is 11.6 Å². The van der Waals surface area contributed by atoms with E-state index in [0.29, 0.717) is 12.1 Å². The maximum atomic E-state index is 11.8. The molecular formula is C13H18NO3S. The highest BCUT2D eigenvalue weighted by atomic mass is 32.2. The van der Waals surface area contributed by atoms with Crippen LogP contribution < -0.4 is 4.72 Å². The SMILES string of the molecule is CCCCCCS(=O)(=O)Nc1ccccc1[C]=O. The summed E-state index contributed by atoms with van der Waals surface area (Å²) in [5, 5.41) is 0. The molecule has 0 aliphatic heterocycles. The lowest BCUT2D eigenvalue weighted by molar-refractivity contribution is 0.563. The lowest BCUT2D eigenvalue weighted by Gasteiger charge is -2.09. The first kappa shape index (κ1) is 14.7. The van der Waals surface area contributed by atoms with Crippen molar-refractivity contribution in [3.05, 3.63) is 29.8 Å². The molecule has 0 aliphatic carbocycles. The summed E-state index contributed by atoms with van der Waals surface area (Å²) >= 11 is 0. The number of rotatable bonds is 8. The molecule has 1 aromatic rings. The molecule has 0 bridgehead atoms. The quantitative estimate of drug-likeness (QED) is 0.737. The molecule has 1 aromatic carbocycles. The molecule has 0 saturated carbocycles. The lowest BCUT2D eigenvalue weighted by atomic mass is 10.2. The molecule has 4 nitrogen and oxygen atoms in total. The monoisotopic (exact) mass is 268 g/mol. The molecular weight excluding hydrogens is 250 g/mol. The molecule has 0 aliphatic rings. The highest BCUT2D eigenvalue weighted by molar-refractivity contribution is 7.92. The Bertz CT molecular complexity index is 483. The Hall–Kier alpha value is -1.36. The van der Waals surface area contributed by atoms with Crippen molar-refractivity contribution in [2.24, 2.45) is 0 Å². The maximum Gasteiger partial charge on any atom is 0.235 e. The van der Waals surface area contributed by atoms with Gasteiger partial charge in [0.25, 0.3) is 0 Å². The second kappa shape index (κ2) is 7.16. The average Bonchev–Trinajstić information content (AvgIpc) is 2.35. The van der Waals surface area contributed by atoms with Crippen LogP contribution in [-0.2, 0) is 14.8 Å².